The average molecular weight is 253 g/mol. The molecule has 0 amide bonds. The number of aryl methyl sites for hydroxylation is 1. The van der Waals surface area contributed by atoms with Crippen LogP contribution in [-0.4, -0.2) is 19.8 Å². The Morgan fingerprint density at radius 1 is 1.50 bits per heavy atom. The smallest absolute Gasteiger partial charge is 0.163 e. The van der Waals surface area contributed by atoms with Crippen molar-refractivity contribution in [1.29, 1.82) is 0 Å². The van der Waals surface area contributed by atoms with Gasteiger partial charge in [0.2, 0.25) is 0 Å². The van der Waals surface area contributed by atoms with Crippen LogP contribution in [0.4, 0.5) is 0 Å². The second-order valence-corrected chi connectivity index (χ2v) is 4.17. The Morgan fingerprint density at radius 3 is 2.81 bits per heavy atom. The van der Waals surface area contributed by atoms with E-state index in [1.165, 1.54) is 6.20 Å². The first-order chi connectivity index (χ1) is 7.58. The largest absolute Gasteiger partial charge is 0.389 e. The number of rotatable bonds is 2. The first-order valence-corrected chi connectivity index (χ1v) is 5.34. The van der Waals surface area contributed by atoms with E-state index in [-0.39, 0.29) is 4.99 Å². The second kappa shape index (κ2) is 4.19. The molecular formula is C10H9ClN4S. The van der Waals surface area contributed by atoms with Gasteiger partial charge in [-0.25, -0.2) is 9.67 Å². The Hall–Kier alpha value is -1.46. The van der Waals surface area contributed by atoms with E-state index in [0.29, 0.717) is 16.4 Å². The molecule has 0 aliphatic heterocycles. The summed E-state index contributed by atoms with van der Waals surface area (Å²) in [6, 6.07) is 3.68. The number of pyridine rings is 1. The molecule has 2 aromatic rings. The van der Waals surface area contributed by atoms with Crippen LogP contribution < -0.4 is 5.73 Å². The van der Waals surface area contributed by atoms with E-state index in [1.54, 1.807) is 10.9 Å². The van der Waals surface area contributed by atoms with Crippen molar-refractivity contribution in [3.05, 3.63) is 40.8 Å². The molecule has 0 saturated heterocycles. The zero-order valence-corrected chi connectivity index (χ0v) is 10.1. The van der Waals surface area contributed by atoms with E-state index >= 15 is 0 Å². The standard InChI is InChI=1S/C10H9ClN4S/c1-6-2-3-8(9(12)16)10(14-6)15-5-7(11)4-13-15/h2-5H,1H3,(H2,12,16). The Kier molecular flexibility index (Phi) is 2.89. The van der Waals surface area contributed by atoms with Gasteiger partial charge in [-0.05, 0) is 19.1 Å². The molecule has 0 aliphatic carbocycles. The Labute approximate surface area is 103 Å². The molecule has 2 rings (SSSR count). The molecule has 0 spiro atoms. The van der Waals surface area contributed by atoms with Crippen molar-refractivity contribution >= 4 is 28.8 Å². The van der Waals surface area contributed by atoms with Crippen molar-refractivity contribution < 1.29 is 0 Å². The number of hydrogen-bond acceptors (Lipinski definition) is 3. The van der Waals surface area contributed by atoms with Gasteiger partial charge in [0.05, 0.1) is 23.0 Å². The summed E-state index contributed by atoms with van der Waals surface area (Å²) in [7, 11) is 0. The molecule has 2 aromatic heterocycles. The van der Waals surface area contributed by atoms with Crippen LogP contribution in [0.2, 0.25) is 5.02 Å². The molecule has 4 nitrogen and oxygen atoms in total. The van der Waals surface area contributed by atoms with Crippen LogP contribution in [0.1, 0.15) is 11.3 Å². The normalized spacial score (nSPS) is 10.4. The fourth-order valence-electron chi connectivity index (χ4n) is 1.33. The third-order valence-electron chi connectivity index (χ3n) is 2.05. The number of thiocarbonyl (C=S) groups is 1. The van der Waals surface area contributed by atoms with Crippen molar-refractivity contribution in [2.24, 2.45) is 5.73 Å². The Morgan fingerprint density at radius 2 is 2.25 bits per heavy atom. The molecular weight excluding hydrogens is 244 g/mol. The zero-order valence-electron chi connectivity index (χ0n) is 8.51. The average Bonchev–Trinajstić information content (AvgIpc) is 2.64. The molecule has 0 saturated carbocycles. The Bertz CT molecular complexity index is 550. The molecule has 0 fully saturated rings. The minimum Gasteiger partial charge on any atom is -0.389 e. The number of hydrogen-bond donors (Lipinski definition) is 1. The van der Waals surface area contributed by atoms with E-state index < -0.39 is 0 Å². The summed E-state index contributed by atoms with van der Waals surface area (Å²) in [5, 5.41) is 4.62. The highest BCUT2D eigenvalue weighted by Crippen LogP contribution is 2.15. The zero-order chi connectivity index (χ0) is 11.7. The van der Waals surface area contributed by atoms with Crippen molar-refractivity contribution in [3.8, 4) is 5.82 Å². The third kappa shape index (κ3) is 2.05. The lowest BCUT2D eigenvalue weighted by atomic mass is 10.2. The number of halogens is 1. The number of aromatic nitrogens is 3. The molecule has 0 radical (unpaired) electrons. The van der Waals surface area contributed by atoms with Crippen LogP contribution in [0.25, 0.3) is 5.82 Å². The first-order valence-electron chi connectivity index (χ1n) is 4.56. The molecule has 6 heteroatoms. The van der Waals surface area contributed by atoms with E-state index in [9.17, 15) is 0 Å². The van der Waals surface area contributed by atoms with E-state index in [1.807, 2.05) is 19.1 Å². The minimum atomic E-state index is 0.286. The number of nitrogens with two attached hydrogens (primary N) is 1. The lowest BCUT2D eigenvalue weighted by Gasteiger charge is -2.07. The van der Waals surface area contributed by atoms with Crippen molar-refractivity contribution in [2.45, 2.75) is 6.92 Å². The second-order valence-electron chi connectivity index (χ2n) is 3.29. The van der Waals surface area contributed by atoms with Gasteiger partial charge in [0, 0.05) is 5.69 Å². The SMILES string of the molecule is Cc1ccc(C(N)=S)c(-n2cc(Cl)cn2)n1. The van der Waals surface area contributed by atoms with Crippen LogP contribution in [-0.2, 0) is 0 Å². The minimum absolute atomic E-state index is 0.286. The quantitative estimate of drug-likeness (QED) is 0.829. The van der Waals surface area contributed by atoms with Gasteiger partial charge in [-0.15, -0.1) is 0 Å². The van der Waals surface area contributed by atoms with E-state index in [2.05, 4.69) is 10.1 Å². The van der Waals surface area contributed by atoms with Gasteiger partial charge in [0.15, 0.2) is 5.82 Å². The topological polar surface area (TPSA) is 56.7 Å². The lowest BCUT2D eigenvalue weighted by Crippen LogP contribution is -2.15. The van der Waals surface area contributed by atoms with Gasteiger partial charge >= 0.3 is 0 Å². The molecule has 82 valence electrons. The van der Waals surface area contributed by atoms with Crippen LogP contribution >= 0.6 is 23.8 Å². The van der Waals surface area contributed by atoms with Gasteiger partial charge in [-0.2, -0.15) is 5.10 Å². The first kappa shape index (κ1) is 11.0. The molecule has 0 unspecified atom stereocenters. The fourth-order valence-corrected chi connectivity index (χ4v) is 1.62. The van der Waals surface area contributed by atoms with Crippen molar-refractivity contribution in [3.63, 3.8) is 0 Å². The van der Waals surface area contributed by atoms with Crippen LogP contribution in [0.5, 0.6) is 0 Å². The third-order valence-corrected chi connectivity index (χ3v) is 2.46. The molecule has 16 heavy (non-hydrogen) atoms. The summed E-state index contributed by atoms with van der Waals surface area (Å²) in [5.74, 6) is 0.597. The molecule has 0 atom stereocenters. The highest BCUT2D eigenvalue weighted by atomic mass is 35.5. The van der Waals surface area contributed by atoms with Gasteiger partial charge < -0.3 is 5.73 Å². The summed E-state index contributed by atoms with van der Waals surface area (Å²) >= 11 is 10.8. The highest BCUT2D eigenvalue weighted by molar-refractivity contribution is 7.80. The van der Waals surface area contributed by atoms with Gasteiger partial charge in [0.25, 0.3) is 0 Å². The summed E-state index contributed by atoms with van der Waals surface area (Å²) in [6.45, 7) is 1.89. The maximum absolute atomic E-state index is 5.81. The van der Waals surface area contributed by atoms with Gasteiger partial charge in [-0.3, -0.25) is 0 Å². The molecule has 0 aliphatic rings. The van der Waals surface area contributed by atoms with E-state index in [4.69, 9.17) is 29.6 Å². The lowest BCUT2D eigenvalue weighted by molar-refractivity contribution is 0.838. The molecule has 2 N–H and O–H groups in total. The summed E-state index contributed by atoms with van der Waals surface area (Å²) in [6.07, 6.45) is 3.19. The monoisotopic (exact) mass is 252 g/mol. The molecule has 2 heterocycles. The predicted molar refractivity (Wildman–Crippen MR) is 67.0 cm³/mol. The maximum atomic E-state index is 5.81. The Balaban J connectivity index is 2.62. The molecule has 0 bridgehead atoms. The fraction of sp³-hybridized carbons (Fsp3) is 0.100. The summed E-state index contributed by atoms with van der Waals surface area (Å²) in [4.78, 5) is 4.64. The summed E-state index contributed by atoms with van der Waals surface area (Å²) < 4.78 is 1.56. The predicted octanol–water partition coefficient (Wildman–Crippen LogP) is 1.86. The van der Waals surface area contributed by atoms with Crippen LogP contribution in [0.3, 0.4) is 0 Å². The van der Waals surface area contributed by atoms with Crippen LogP contribution in [0.15, 0.2) is 24.5 Å². The van der Waals surface area contributed by atoms with Crippen molar-refractivity contribution in [1.82, 2.24) is 14.8 Å². The molecule has 0 aromatic carbocycles. The van der Waals surface area contributed by atoms with E-state index in [0.717, 1.165) is 5.69 Å². The maximum Gasteiger partial charge on any atom is 0.163 e. The van der Waals surface area contributed by atoms with Crippen LogP contribution in [0, 0.1) is 6.92 Å². The van der Waals surface area contributed by atoms with Gasteiger partial charge in [-0.1, -0.05) is 23.8 Å². The summed E-state index contributed by atoms with van der Waals surface area (Å²) in [5.41, 5.74) is 7.17. The van der Waals surface area contributed by atoms with Gasteiger partial charge in [0.1, 0.15) is 4.99 Å². The number of nitrogens with zero attached hydrogens (tertiary/aromatic N) is 3. The highest BCUT2D eigenvalue weighted by Gasteiger charge is 2.10. The van der Waals surface area contributed by atoms with Crippen molar-refractivity contribution in [2.75, 3.05) is 0 Å².